The number of benzene rings is 2. The van der Waals surface area contributed by atoms with Crippen molar-refractivity contribution in [2.75, 3.05) is 33.7 Å². The smallest absolute Gasteiger partial charge is 0.233 e. The maximum atomic E-state index is 14.0. The minimum atomic E-state index is -0.398. The van der Waals surface area contributed by atoms with Crippen LogP contribution in [-0.2, 0) is 11.3 Å². The predicted octanol–water partition coefficient (Wildman–Crippen LogP) is 3.11. The van der Waals surface area contributed by atoms with Crippen molar-refractivity contribution in [1.82, 2.24) is 20.9 Å². The number of likely N-dealkylation sites (tertiary alicyclic amines) is 1. The molecule has 0 atom stereocenters. The van der Waals surface area contributed by atoms with E-state index in [1.54, 1.807) is 32.3 Å². The number of likely N-dealkylation sites (N-methyl/N-ethyl adjacent to an activating group) is 1. The van der Waals surface area contributed by atoms with Crippen LogP contribution < -0.4 is 20.7 Å². The van der Waals surface area contributed by atoms with Gasteiger partial charge in [0, 0.05) is 45.3 Å². The summed E-state index contributed by atoms with van der Waals surface area (Å²) in [6, 6.07) is 14.2. The van der Waals surface area contributed by atoms with Gasteiger partial charge in [0.25, 0.3) is 0 Å². The van der Waals surface area contributed by atoms with Gasteiger partial charge in [0.15, 0.2) is 17.5 Å². The van der Waals surface area contributed by atoms with Gasteiger partial charge in [-0.05, 0) is 31.0 Å². The second-order valence-electron chi connectivity index (χ2n) is 7.43. The van der Waals surface area contributed by atoms with Crippen LogP contribution in [0.15, 0.2) is 53.5 Å². The molecule has 2 aromatic carbocycles. The lowest BCUT2D eigenvalue weighted by Crippen LogP contribution is -2.49. The van der Waals surface area contributed by atoms with E-state index in [9.17, 15) is 9.18 Å². The third kappa shape index (κ3) is 7.63. The highest BCUT2D eigenvalue weighted by Crippen LogP contribution is 2.27. The molecule has 9 heteroatoms. The van der Waals surface area contributed by atoms with E-state index < -0.39 is 5.82 Å². The monoisotopic (exact) mass is 555 g/mol. The predicted molar refractivity (Wildman–Crippen MR) is 135 cm³/mol. The van der Waals surface area contributed by atoms with Gasteiger partial charge < -0.3 is 20.7 Å². The van der Waals surface area contributed by atoms with Crippen molar-refractivity contribution in [3.63, 3.8) is 0 Å². The van der Waals surface area contributed by atoms with Crippen LogP contribution in [0.4, 0.5) is 4.39 Å². The first-order valence-electron chi connectivity index (χ1n) is 10.5. The number of nitrogens with zero attached hydrogens (tertiary/aromatic N) is 2. The van der Waals surface area contributed by atoms with Gasteiger partial charge in [0.05, 0.1) is 6.54 Å². The number of aliphatic imine (C=N–C) groups is 1. The number of hydrogen-bond donors (Lipinski definition) is 3. The number of amides is 1. The zero-order chi connectivity index (χ0) is 22.1. The Hall–Kier alpha value is -2.40. The Balaban J connectivity index is 0.00000363. The summed E-state index contributed by atoms with van der Waals surface area (Å²) in [4.78, 5) is 18.0. The van der Waals surface area contributed by atoms with Crippen LogP contribution >= 0.6 is 24.0 Å². The molecule has 0 aliphatic carbocycles. The van der Waals surface area contributed by atoms with E-state index in [-0.39, 0.29) is 41.7 Å². The van der Waals surface area contributed by atoms with Crippen molar-refractivity contribution in [2.24, 2.45) is 4.99 Å². The van der Waals surface area contributed by atoms with Gasteiger partial charge in [-0.2, -0.15) is 0 Å². The fraction of sp³-hybridized carbons (Fsp3) is 0.391. The van der Waals surface area contributed by atoms with Gasteiger partial charge in [0.1, 0.15) is 5.75 Å². The lowest BCUT2D eigenvalue weighted by atomic mass is 10.1. The number of carbonyl (C=O) groups is 1. The van der Waals surface area contributed by atoms with Gasteiger partial charge in [-0.3, -0.25) is 14.7 Å². The van der Waals surface area contributed by atoms with Crippen molar-refractivity contribution in [3.05, 3.63) is 59.9 Å². The Kier molecular flexibility index (Phi) is 10.7. The zero-order valence-electron chi connectivity index (χ0n) is 18.4. The fourth-order valence-electron chi connectivity index (χ4n) is 3.48. The second kappa shape index (κ2) is 13.2. The molecule has 0 saturated carbocycles. The average Bonchev–Trinajstić information content (AvgIpc) is 2.80. The Morgan fingerprint density at radius 2 is 1.78 bits per heavy atom. The molecule has 0 spiro atoms. The number of nitrogens with one attached hydrogen (secondary N) is 3. The second-order valence-corrected chi connectivity index (χ2v) is 7.43. The van der Waals surface area contributed by atoms with Crippen LogP contribution in [0.25, 0.3) is 0 Å². The summed E-state index contributed by atoms with van der Waals surface area (Å²) in [5, 5.41) is 9.43. The Morgan fingerprint density at radius 1 is 1.12 bits per heavy atom. The van der Waals surface area contributed by atoms with Crippen LogP contribution in [0.5, 0.6) is 11.5 Å². The standard InChI is InChI=1S/C23H30FN5O2.HI/c1-25-22(30)16-29-13-11-18(12-14-29)28-23(26-2)27-15-17-7-3-5-9-20(17)31-21-10-6-4-8-19(21)24;/h3-10,18H,11-16H2,1-2H3,(H,25,30)(H2,26,27,28);1H. The summed E-state index contributed by atoms with van der Waals surface area (Å²) in [5.41, 5.74) is 0.897. The van der Waals surface area contributed by atoms with Crippen molar-refractivity contribution in [3.8, 4) is 11.5 Å². The molecule has 2 aromatic rings. The number of piperidine rings is 1. The number of para-hydroxylation sites is 2. The molecule has 1 aliphatic rings. The molecule has 1 amide bonds. The molecule has 1 saturated heterocycles. The molecule has 3 rings (SSSR count). The average molecular weight is 555 g/mol. The summed E-state index contributed by atoms with van der Waals surface area (Å²) in [6.07, 6.45) is 1.87. The number of halogens is 2. The summed E-state index contributed by atoms with van der Waals surface area (Å²) in [7, 11) is 3.39. The highest BCUT2D eigenvalue weighted by molar-refractivity contribution is 14.0. The summed E-state index contributed by atoms with van der Waals surface area (Å²) < 4.78 is 19.8. The van der Waals surface area contributed by atoms with E-state index in [1.165, 1.54) is 6.07 Å². The Morgan fingerprint density at radius 3 is 2.44 bits per heavy atom. The zero-order valence-corrected chi connectivity index (χ0v) is 20.8. The minimum absolute atomic E-state index is 0. The molecular formula is C23H31FIN5O2. The van der Waals surface area contributed by atoms with Gasteiger partial charge in [-0.15, -0.1) is 24.0 Å². The van der Waals surface area contributed by atoms with E-state index in [4.69, 9.17) is 4.74 Å². The molecule has 0 radical (unpaired) electrons. The molecule has 0 aromatic heterocycles. The molecule has 7 nitrogen and oxygen atoms in total. The van der Waals surface area contributed by atoms with E-state index in [2.05, 4.69) is 25.8 Å². The SMILES string of the molecule is CN=C(NCc1ccccc1Oc1ccccc1F)NC1CCN(CC(=O)NC)CC1.I. The molecular weight excluding hydrogens is 524 g/mol. The lowest BCUT2D eigenvalue weighted by molar-refractivity contribution is -0.122. The van der Waals surface area contributed by atoms with Gasteiger partial charge >= 0.3 is 0 Å². The van der Waals surface area contributed by atoms with Crippen molar-refractivity contribution < 1.29 is 13.9 Å². The first-order valence-corrected chi connectivity index (χ1v) is 10.5. The minimum Gasteiger partial charge on any atom is -0.454 e. The molecule has 32 heavy (non-hydrogen) atoms. The number of carbonyl (C=O) groups excluding carboxylic acids is 1. The van der Waals surface area contributed by atoms with Crippen LogP contribution in [0.2, 0.25) is 0 Å². The highest BCUT2D eigenvalue weighted by Gasteiger charge is 2.21. The van der Waals surface area contributed by atoms with Gasteiger partial charge in [-0.1, -0.05) is 30.3 Å². The van der Waals surface area contributed by atoms with Crippen molar-refractivity contribution >= 4 is 35.8 Å². The first kappa shape index (κ1) is 25.9. The third-order valence-electron chi connectivity index (χ3n) is 5.27. The number of rotatable bonds is 7. The van der Waals surface area contributed by atoms with Crippen molar-refractivity contribution in [1.29, 1.82) is 0 Å². The molecule has 1 fully saturated rings. The third-order valence-corrected chi connectivity index (χ3v) is 5.27. The first-order chi connectivity index (χ1) is 15.1. The summed E-state index contributed by atoms with van der Waals surface area (Å²) in [6.45, 7) is 2.65. The van der Waals surface area contributed by atoms with Crippen LogP contribution in [0, 0.1) is 5.82 Å². The maximum absolute atomic E-state index is 14.0. The fourth-order valence-corrected chi connectivity index (χ4v) is 3.48. The highest BCUT2D eigenvalue weighted by atomic mass is 127. The van der Waals surface area contributed by atoms with Crippen molar-refractivity contribution in [2.45, 2.75) is 25.4 Å². The quantitative estimate of drug-likeness (QED) is 0.278. The summed E-state index contributed by atoms with van der Waals surface area (Å²) >= 11 is 0. The van der Waals surface area contributed by atoms with Gasteiger partial charge in [-0.25, -0.2) is 4.39 Å². The van der Waals surface area contributed by atoms with Gasteiger partial charge in [0.2, 0.25) is 5.91 Å². The molecule has 0 unspecified atom stereocenters. The topological polar surface area (TPSA) is 78.0 Å². The molecule has 1 heterocycles. The Bertz CT molecular complexity index is 903. The van der Waals surface area contributed by atoms with E-state index in [1.807, 2.05) is 24.3 Å². The number of hydrogen-bond acceptors (Lipinski definition) is 4. The van der Waals surface area contributed by atoms with Crippen LogP contribution in [-0.4, -0.2) is 56.5 Å². The largest absolute Gasteiger partial charge is 0.454 e. The molecule has 174 valence electrons. The Labute approximate surface area is 205 Å². The lowest BCUT2D eigenvalue weighted by Gasteiger charge is -2.32. The van der Waals surface area contributed by atoms with E-state index >= 15 is 0 Å². The molecule has 3 N–H and O–H groups in total. The number of guanidine groups is 1. The maximum Gasteiger partial charge on any atom is 0.233 e. The van der Waals surface area contributed by atoms with Crippen LogP contribution in [0.3, 0.4) is 0 Å². The number of ether oxygens (including phenoxy) is 1. The molecule has 1 aliphatic heterocycles. The van der Waals surface area contributed by atoms with Crippen LogP contribution in [0.1, 0.15) is 18.4 Å². The van der Waals surface area contributed by atoms with E-state index in [0.29, 0.717) is 24.8 Å². The molecule has 0 bridgehead atoms. The summed E-state index contributed by atoms with van der Waals surface area (Å²) in [5.74, 6) is 1.13. The van der Waals surface area contributed by atoms with E-state index in [0.717, 1.165) is 31.5 Å². The normalized spacial score (nSPS) is 14.9.